The van der Waals surface area contributed by atoms with Crippen molar-refractivity contribution in [3.8, 4) is 49.1 Å². The molecule has 2 aliphatic heterocycles. The first-order chi connectivity index (χ1) is 43.9. The summed E-state index contributed by atoms with van der Waals surface area (Å²) in [5.74, 6) is -4.92. The summed E-state index contributed by atoms with van der Waals surface area (Å²) >= 11 is 6.79. The van der Waals surface area contributed by atoms with Crippen LogP contribution in [-0.2, 0) is 30.2 Å². The molecule has 91 heavy (non-hydrogen) atoms. The predicted molar refractivity (Wildman–Crippen MR) is 339 cm³/mol. The molecule has 7 amide bonds. The number of phenols is 1. The molecule has 2 aromatic carbocycles. The number of rotatable bonds is 15. The Hall–Kier alpha value is -8.86. The molecule has 1 fully saturated rings. The summed E-state index contributed by atoms with van der Waals surface area (Å²) in [7, 11) is 1.53. The number of nitrogens with one attached hydrogen (secondary N) is 4. The van der Waals surface area contributed by atoms with Gasteiger partial charge in [-0.25, -0.2) is 39.7 Å². The second-order valence-electron chi connectivity index (χ2n) is 20.8. The average Bonchev–Trinajstić information content (AvgIpc) is 1.75. The number of pyridine rings is 1. The number of phenolic OH excluding ortho intramolecular Hbond substituents is 1. The number of thiazole rings is 6. The number of hydrogen-bond donors (Lipinski definition) is 8. The number of benzene rings is 2. The van der Waals surface area contributed by atoms with E-state index in [-0.39, 0.29) is 71.3 Å². The number of ether oxygens (including phenoxy) is 3. The highest BCUT2D eigenvalue weighted by Gasteiger charge is 2.46. The van der Waals surface area contributed by atoms with Crippen molar-refractivity contribution in [2.75, 3.05) is 40.0 Å². The van der Waals surface area contributed by atoms with Gasteiger partial charge in [0.05, 0.1) is 50.1 Å². The van der Waals surface area contributed by atoms with E-state index in [0.29, 0.717) is 71.0 Å². The molecule has 7 aromatic heterocycles. The van der Waals surface area contributed by atoms with Crippen LogP contribution in [0.2, 0.25) is 0 Å². The SMILES string of the molecule is COCCOCCNC(=O)O[C@H](c1ccccc1)[C@@H]1NC(=O)c2nc(sc2C)[C@H](CC(N)=O)NC(=O)c2csc(n2)-c2ccc(-c3nc(C(N)=O)cs3)nc2-c2csc(n2)-c2csc(n2)[C@@H]2[C@@H](C)[C@@H](O)CN2C(=O)[C@H](Cc2ccc(O)cc2)NC(=O)c2csc1n2. The van der Waals surface area contributed by atoms with E-state index in [1.807, 2.05) is 0 Å². The molecular weight excluding hydrogens is 1290 g/mol. The van der Waals surface area contributed by atoms with Crippen LogP contribution in [0.15, 0.2) is 93.6 Å². The van der Waals surface area contributed by atoms with Crippen LogP contribution in [0.4, 0.5) is 4.79 Å². The van der Waals surface area contributed by atoms with Gasteiger partial charge in [0.1, 0.15) is 87.7 Å². The first kappa shape index (κ1) is 63.7. The van der Waals surface area contributed by atoms with E-state index in [1.165, 1.54) is 63.0 Å². The van der Waals surface area contributed by atoms with E-state index in [9.17, 15) is 39.0 Å². The summed E-state index contributed by atoms with van der Waals surface area (Å²) in [4.78, 5) is 133. The first-order valence-corrected chi connectivity index (χ1v) is 33.2. The van der Waals surface area contributed by atoms with Gasteiger partial charge in [0, 0.05) is 69.9 Å². The van der Waals surface area contributed by atoms with Gasteiger partial charge in [0.25, 0.3) is 23.6 Å². The quantitative estimate of drug-likeness (QED) is 0.0490. The van der Waals surface area contributed by atoms with Crippen molar-refractivity contribution >= 4 is 110 Å². The zero-order valence-electron chi connectivity index (χ0n) is 48.4. The van der Waals surface area contributed by atoms with Crippen molar-refractivity contribution in [1.82, 2.24) is 61.1 Å². The molecule has 0 aliphatic carbocycles. The molecule has 7 atom stereocenters. The predicted octanol–water partition coefficient (Wildman–Crippen LogP) is 6.78. The Balaban J connectivity index is 1.01. The standard InChI is InChI=1S/C59H56N14O12S6/c1-27-41(75)21-73-46(27)57-70-40(26-90-57)54-66-36(22-87-54)44-32(13-14-33(63-44)53-67-37(23-88-53)48(61)77)52-68-38(24-86-52)49(78)64-34(20-42(60)76)55-72-43(28(2)91-55)51(80)71-45(47(30-7-5-4-6-8-30)85-59(82)62-15-16-84-18-17-83-3)56-69-39(25-89-56)50(79)65-35(58(73)81)19-29-9-11-31(74)12-10-29/h4-14,22-27,34-35,41,45-47,74-75H,15-21H2,1-3H3,(H2,60,76)(H2,61,77)(H,62,82)(H,64,78)(H,65,79)(H,71,80)/t27-,34-,35-,41-,45-,46-,47+/m0/s1. The molecule has 11 rings (SSSR count). The van der Waals surface area contributed by atoms with Gasteiger partial charge in [-0.15, -0.1) is 68.0 Å². The van der Waals surface area contributed by atoms with Gasteiger partial charge in [-0.05, 0) is 42.3 Å². The molecule has 0 unspecified atom stereocenters. The summed E-state index contributed by atoms with van der Waals surface area (Å²) in [6, 6.07) is 13.5. The molecule has 0 saturated carbocycles. The number of nitrogens with zero attached hydrogens (tertiary/aromatic N) is 8. The van der Waals surface area contributed by atoms with Crippen molar-refractivity contribution in [1.29, 1.82) is 0 Å². The maximum absolute atomic E-state index is 15.3. The van der Waals surface area contributed by atoms with Crippen LogP contribution >= 0.6 is 68.0 Å². The van der Waals surface area contributed by atoms with Crippen LogP contribution in [0.5, 0.6) is 5.75 Å². The van der Waals surface area contributed by atoms with Crippen LogP contribution in [0.1, 0.15) is 111 Å². The van der Waals surface area contributed by atoms with Gasteiger partial charge >= 0.3 is 6.09 Å². The van der Waals surface area contributed by atoms with E-state index < -0.39 is 90.3 Å². The van der Waals surface area contributed by atoms with E-state index in [2.05, 4.69) is 31.2 Å². The molecule has 470 valence electrons. The number of aryl methyl sites for hydroxylation is 1. The molecule has 2 aliphatic rings. The lowest BCUT2D eigenvalue weighted by molar-refractivity contribution is -0.134. The van der Waals surface area contributed by atoms with Gasteiger partial charge in [0.2, 0.25) is 11.8 Å². The third-order valence-electron chi connectivity index (χ3n) is 14.6. The summed E-state index contributed by atoms with van der Waals surface area (Å²) in [6.07, 6.45) is -3.72. The third-order valence-corrected chi connectivity index (χ3v) is 20.2. The Morgan fingerprint density at radius 3 is 2.11 bits per heavy atom. The minimum absolute atomic E-state index is 0.0204. The molecule has 26 nitrogen and oxygen atoms in total. The lowest BCUT2D eigenvalue weighted by Gasteiger charge is -2.29. The Morgan fingerprint density at radius 1 is 0.692 bits per heavy atom. The van der Waals surface area contributed by atoms with Crippen molar-refractivity contribution in [3.63, 3.8) is 0 Å². The number of primary amides is 2. The number of nitrogens with two attached hydrogens (primary N) is 2. The number of aromatic hydroxyl groups is 1. The number of fused-ring (bicyclic) bond motifs is 16. The second-order valence-corrected chi connectivity index (χ2v) is 26.4. The third kappa shape index (κ3) is 14.5. The summed E-state index contributed by atoms with van der Waals surface area (Å²) < 4.78 is 16.7. The highest BCUT2D eigenvalue weighted by molar-refractivity contribution is 7.15. The molecule has 10 bridgehead atoms. The largest absolute Gasteiger partial charge is 0.508 e. The average molecular weight is 1350 g/mol. The maximum atomic E-state index is 15.3. The lowest BCUT2D eigenvalue weighted by atomic mass is 10.00. The number of hydrogen-bond acceptors (Lipinski definition) is 25. The number of aromatic nitrogens is 7. The van der Waals surface area contributed by atoms with Crippen LogP contribution in [0.3, 0.4) is 0 Å². The topological polar surface area (TPSA) is 381 Å². The molecule has 32 heteroatoms. The number of alkyl carbamates (subject to hydrolysis) is 1. The number of carbonyl (C=O) groups is 7. The van der Waals surface area contributed by atoms with E-state index >= 15 is 4.79 Å². The zero-order valence-corrected chi connectivity index (χ0v) is 53.3. The molecule has 10 N–H and O–H groups in total. The number of aliphatic hydroxyl groups excluding tert-OH is 1. The fourth-order valence-corrected chi connectivity index (χ4v) is 15.4. The van der Waals surface area contributed by atoms with Crippen LogP contribution in [0.25, 0.3) is 43.4 Å². The summed E-state index contributed by atoms with van der Waals surface area (Å²) in [5, 5.41) is 43.1. The normalized spacial score (nSPS) is 19.0. The monoisotopic (exact) mass is 1340 g/mol. The summed E-state index contributed by atoms with van der Waals surface area (Å²) in [6.45, 7) is 4.07. The minimum atomic E-state index is -1.35. The molecule has 0 spiro atoms. The van der Waals surface area contributed by atoms with E-state index in [4.69, 9.17) is 50.6 Å². The number of methoxy groups -OCH3 is 1. The van der Waals surface area contributed by atoms with Crippen LogP contribution < -0.4 is 32.7 Å². The first-order valence-electron chi connectivity index (χ1n) is 28.0. The Kier molecular flexibility index (Phi) is 19.7. The van der Waals surface area contributed by atoms with Crippen molar-refractivity contribution < 1.29 is 58.0 Å². The van der Waals surface area contributed by atoms with Crippen molar-refractivity contribution in [3.05, 3.63) is 147 Å². The zero-order chi connectivity index (χ0) is 64.0. The van der Waals surface area contributed by atoms with E-state index in [1.54, 1.807) is 79.2 Å². The number of aliphatic hydroxyl groups is 1. The number of amides is 7. The van der Waals surface area contributed by atoms with Gasteiger partial charge in [-0.2, -0.15) is 0 Å². The smallest absolute Gasteiger partial charge is 0.407 e. The maximum Gasteiger partial charge on any atom is 0.407 e. The molecule has 9 heterocycles. The highest BCUT2D eigenvalue weighted by atomic mass is 32.1. The lowest BCUT2D eigenvalue weighted by Crippen LogP contribution is -2.50. The Bertz CT molecular complexity index is 4170. The molecular formula is C59H56N14O12S6. The molecule has 0 radical (unpaired) electrons. The van der Waals surface area contributed by atoms with Crippen molar-refractivity contribution in [2.45, 2.75) is 63.1 Å². The Labute approximate surface area is 542 Å². The minimum Gasteiger partial charge on any atom is -0.508 e. The fraction of sp³-hybridized carbons (Fsp3) is 0.288. The highest BCUT2D eigenvalue weighted by Crippen LogP contribution is 2.43. The van der Waals surface area contributed by atoms with Gasteiger partial charge in [0.15, 0.2) is 6.10 Å². The van der Waals surface area contributed by atoms with Crippen molar-refractivity contribution in [2.24, 2.45) is 17.4 Å². The number of carbonyl (C=O) groups excluding carboxylic acids is 7. The van der Waals surface area contributed by atoms with E-state index in [0.717, 1.165) is 45.3 Å². The molecule has 1 saturated heterocycles. The van der Waals surface area contributed by atoms with Gasteiger partial charge in [-0.3, -0.25) is 28.8 Å². The summed E-state index contributed by atoms with van der Waals surface area (Å²) in [5.41, 5.74) is 14.1. The van der Waals surface area contributed by atoms with Crippen LogP contribution in [0, 0.1) is 12.8 Å². The van der Waals surface area contributed by atoms with Gasteiger partial charge in [-0.1, -0.05) is 49.4 Å². The Morgan fingerprint density at radius 2 is 1.36 bits per heavy atom. The van der Waals surface area contributed by atoms with Gasteiger partial charge < -0.3 is 62.1 Å². The second kappa shape index (κ2) is 28.1. The molecule has 9 aromatic rings. The van der Waals surface area contributed by atoms with Crippen LogP contribution in [-0.4, -0.2) is 144 Å². The fourth-order valence-electron chi connectivity index (χ4n) is 10.1.